The van der Waals surface area contributed by atoms with Crippen LogP contribution in [0.5, 0.6) is 0 Å². The number of Topliss-reactive ketones (excluding diaryl/α,β-unsaturated/α-hetero) is 3. The molecule has 3 fully saturated rings. The normalized spacial score (nSPS) is 39.3. The molecular weight excluding hydrogens is 875 g/mol. The highest BCUT2D eigenvalue weighted by molar-refractivity contribution is 5.90. The molecule has 386 valence electrons. The Balaban J connectivity index is 1.69. The third-order valence-electron chi connectivity index (χ3n) is 15.0. The van der Waals surface area contributed by atoms with Gasteiger partial charge in [0, 0.05) is 58.5 Å². The van der Waals surface area contributed by atoms with E-state index in [9.17, 15) is 39.6 Å². The maximum Gasteiger partial charge on any atom is 0.323 e. The summed E-state index contributed by atoms with van der Waals surface area (Å²) in [6.07, 6.45) is 10.6. The molecular formula is C53H85NO14. The second-order valence-electron chi connectivity index (χ2n) is 20.3. The van der Waals surface area contributed by atoms with Crippen LogP contribution in [0.1, 0.15) is 126 Å². The Kier molecular flexibility index (Phi) is 23.4. The fraction of sp³-hybridized carbons (Fsp3) is 0.774. The van der Waals surface area contributed by atoms with Crippen molar-refractivity contribution < 1.29 is 68.0 Å². The van der Waals surface area contributed by atoms with E-state index in [0.29, 0.717) is 63.4 Å². The van der Waals surface area contributed by atoms with Gasteiger partial charge in [-0.1, -0.05) is 77.5 Å². The largest absolute Gasteiger partial charge is 0.460 e. The van der Waals surface area contributed by atoms with Crippen LogP contribution in [0.25, 0.3) is 0 Å². The number of nitrogens with zero attached hydrogens (tertiary/aromatic N) is 1. The molecule has 3 aliphatic heterocycles. The minimum atomic E-state index is -2.33. The number of piperidine rings is 1. The zero-order valence-electron chi connectivity index (χ0n) is 42.5. The van der Waals surface area contributed by atoms with E-state index in [0.717, 1.165) is 12.0 Å². The van der Waals surface area contributed by atoms with Crippen molar-refractivity contribution in [2.75, 3.05) is 41.1 Å². The van der Waals surface area contributed by atoms with Crippen LogP contribution >= 0.6 is 0 Å². The zero-order valence-corrected chi connectivity index (χ0v) is 42.5. The van der Waals surface area contributed by atoms with Crippen molar-refractivity contribution in [2.45, 2.75) is 186 Å². The van der Waals surface area contributed by atoms with Gasteiger partial charge in [-0.15, -0.1) is 0 Å². The van der Waals surface area contributed by atoms with Crippen molar-refractivity contribution in [1.29, 1.82) is 0 Å². The number of carbonyl (C=O) groups is 4. The maximum atomic E-state index is 14.5. The Bertz CT molecular complexity index is 1760. The maximum absolute atomic E-state index is 14.5. The van der Waals surface area contributed by atoms with Crippen LogP contribution in [0, 0.1) is 35.5 Å². The highest BCUT2D eigenvalue weighted by Crippen LogP contribution is 2.38. The summed E-state index contributed by atoms with van der Waals surface area (Å²) in [6.45, 7) is 13.1. The van der Waals surface area contributed by atoms with Crippen LogP contribution in [0.3, 0.4) is 0 Å². The molecule has 4 rings (SSSR count). The molecule has 15 heteroatoms. The minimum Gasteiger partial charge on any atom is -0.460 e. The molecule has 0 spiro atoms. The van der Waals surface area contributed by atoms with Gasteiger partial charge < -0.3 is 48.8 Å². The number of methoxy groups -OCH3 is 3. The number of rotatable bonds is 9. The van der Waals surface area contributed by atoms with Crippen molar-refractivity contribution in [2.24, 2.45) is 35.5 Å². The Morgan fingerprint density at radius 1 is 0.853 bits per heavy atom. The summed E-state index contributed by atoms with van der Waals surface area (Å²) in [6, 6.07) is -1.05. The number of esters is 1. The molecule has 3 heterocycles. The molecule has 1 saturated carbocycles. The molecule has 2 saturated heterocycles. The SMILES string of the molecule is CO[C@H]1C[C@@H]2CC[C@@H](C)[C@@](O)(O2)C(=O)C(O)N2CCCC[C@H]2C(=O)O[C@H]([C@@H](C)C[C@@H]2CC[C@@H](OCCO)[C@H](OC)C2)CC(=O)[C@H](C)/C=C(\C)[C@@H](O)[C@@H](OC)C(=O)[C@H](C)C[C@H](C)/C=C/C=CC=C1C. The van der Waals surface area contributed by atoms with Gasteiger partial charge in [0.05, 0.1) is 37.6 Å². The number of aliphatic hydroxyl groups is 4. The van der Waals surface area contributed by atoms with E-state index in [1.165, 1.54) is 12.0 Å². The van der Waals surface area contributed by atoms with Crippen LogP contribution in [0.15, 0.2) is 47.6 Å². The summed E-state index contributed by atoms with van der Waals surface area (Å²) in [5, 5.41) is 44.7. The molecule has 4 aliphatic rings. The van der Waals surface area contributed by atoms with Gasteiger partial charge in [-0.3, -0.25) is 24.1 Å². The smallest absolute Gasteiger partial charge is 0.323 e. The predicted molar refractivity (Wildman–Crippen MR) is 257 cm³/mol. The topological polar surface area (TPSA) is 208 Å². The first-order chi connectivity index (χ1) is 32.3. The Morgan fingerprint density at radius 3 is 2.26 bits per heavy atom. The first-order valence-corrected chi connectivity index (χ1v) is 25.1. The van der Waals surface area contributed by atoms with Crippen LogP contribution in [-0.4, -0.2) is 151 Å². The van der Waals surface area contributed by atoms with E-state index in [-0.39, 0.29) is 74.1 Å². The average molecular weight is 960 g/mol. The van der Waals surface area contributed by atoms with Crippen LogP contribution < -0.4 is 0 Å². The van der Waals surface area contributed by atoms with Gasteiger partial charge in [0.15, 0.2) is 12.0 Å². The number of aliphatic hydroxyl groups excluding tert-OH is 3. The minimum absolute atomic E-state index is 0.0219. The Labute approximate surface area is 405 Å². The van der Waals surface area contributed by atoms with Gasteiger partial charge in [-0.2, -0.15) is 0 Å². The van der Waals surface area contributed by atoms with E-state index in [1.54, 1.807) is 41.1 Å². The van der Waals surface area contributed by atoms with Gasteiger partial charge in [0.2, 0.25) is 11.6 Å². The molecule has 0 aromatic rings. The van der Waals surface area contributed by atoms with E-state index >= 15 is 0 Å². The summed E-state index contributed by atoms with van der Waals surface area (Å²) in [7, 11) is 4.61. The van der Waals surface area contributed by atoms with Gasteiger partial charge in [0.1, 0.15) is 30.1 Å². The molecule has 0 radical (unpaired) electrons. The highest BCUT2D eigenvalue weighted by Gasteiger charge is 2.53. The first kappa shape index (κ1) is 57.6. The van der Waals surface area contributed by atoms with Gasteiger partial charge >= 0.3 is 5.97 Å². The lowest BCUT2D eigenvalue weighted by molar-refractivity contribution is -0.275. The number of ether oxygens (including phenoxy) is 6. The number of allylic oxidation sites excluding steroid dienone is 6. The molecule has 0 aromatic carbocycles. The fourth-order valence-electron chi connectivity index (χ4n) is 10.6. The van der Waals surface area contributed by atoms with E-state index in [1.807, 2.05) is 58.1 Å². The monoisotopic (exact) mass is 960 g/mol. The number of hydrogen-bond acceptors (Lipinski definition) is 15. The quantitative estimate of drug-likeness (QED) is 0.155. The van der Waals surface area contributed by atoms with E-state index in [2.05, 4.69) is 0 Å². The second kappa shape index (κ2) is 27.6. The number of carbonyl (C=O) groups excluding carboxylic acids is 4. The van der Waals surface area contributed by atoms with Gasteiger partial charge in [-0.05, 0) is 101 Å². The zero-order chi connectivity index (χ0) is 50.3. The standard InChI is InChI=1S/C53H85NO14/c1-32-16-12-11-13-17-33(2)44(63-8)30-40-21-19-38(7)53(62,68-40)50(59)51(60)54-23-15-14-18-41(54)52(61)67-45(35(4)28-39-20-22-43(66-25-24-55)46(29-39)64-9)31-42(56)34(3)27-37(6)48(58)49(65-10)47(57)36(5)26-32/h11-13,16-17,27,32,34-36,38-41,43-46,48-49,51,55,58,60,62H,14-15,18-26,28-31H2,1-10H3/b13-11?,16-12+,33-17?,37-27+/t32-,34-,35+,36-,38-,39+,40+,41+,43-,44+,45+,46-,48-,49+,51?,53-/m1/s1. The lowest BCUT2D eigenvalue weighted by Gasteiger charge is -2.45. The molecule has 0 aromatic heterocycles. The Hall–Kier alpha value is -2.96. The molecule has 68 heavy (non-hydrogen) atoms. The van der Waals surface area contributed by atoms with Gasteiger partial charge in [0.25, 0.3) is 0 Å². The van der Waals surface area contributed by atoms with E-state index in [4.69, 9.17) is 28.4 Å². The van der Waals surface area contributed by atoms with Crippen molar-refractivity contribution in [1.82, 2.24) is 4.90 Å². The van der Waals surface area contributed by atoms with Gasteiger partial charge in [-0.25, -0.2) is 0 Å². The second-order valence-corrected chi connectivity index (χ2v) is 20.3. The number of ketones is 3. The third-order valence-corrected chi connectivity index (χ3v) is 15.0. The third kappa shape index (κ3) is 15.5. The summed E-state index contributed by atoms with van der Waals surface area (Å²) in [5.41, 5.74) is 1.29. The molecule has 2 bridgehead atoms. The van der Waals surface area contributed by atoms with Crippen molar-refractivity contribution in [3.63, 3.8) is 0 Å². The van der Waals surface area contributed by atoms with E-state index < -0.39 is 78.1 Å². The molecule has 16 atom stereocenters. The van der Waals surface area contributed by atoms with Crippen LogP contribution in [-0.2, 0) is 47.6 Å². The number of cyclic esters (lactones) is 1. The highest BCUT2D eigenvalue weighted by atomic mass is 16.6. The number of fused-ring (bicyclic) bond motifs is 3. The van der Waals surface area contributed by atoms with Crippen molar-refractivity contribution >= 4 is 23.3 Å². The summed E-state index contributed by atoms with van der Waals surface area (Å²) in [5.74, 6) is -6.43. The predicted octanol–water partition coefficient (Wildman–Crippen LogP) is 5.99. The first-order valence-electron chi connectivity index (χ1n) is 25.1. The summed E-state index contributed by atoms with van der Waals surface area (Å²) >= 11 is 0. The molecule has 1 aliphatic carbocycles. The lowest BCUT2D eigenvalue weighted by Crippen LogP contribution is -2.62. The molecule has 0 amide bonds. The summed E-state index contributed by atoms with van der Waals surface area (Å²) < 4.78 is 35.7. The number of hydrogen-bond donors (Lipinski definition) is 4. The van der Waals surface area contributed by atoms with Crippen molar-refractivity contribution in [3.05, 3.63) is 47.6 Å². The molecule has 15 nitrogen and oxygen atoms in total. The average Bonchev–Trinajstić information content (AvgIpc) is 3.32. The molecule has 4 N–H and O–H groups in total. The summed E-state index contributed by atoms with van der Waals surface area (Å²) in [4.78, 5) is 58.2. The Morgan fingerprint density at radius 2 is 1.59 bits per heavy atom. The fourth-order valence-corrected chi connectivity index (χ4v) is 10.6. The lowest BCUT2D eigenvalue weighted by atomic mass is 9.78. The van der Waals surface area contributed by atoms with Crippen LogP contribution in [0.2, 0.25) is 0 Å². The van der Waals surface area contributed by atoms with Crippen LogP contribution in [0.4, 0.5) is 0 Å². The molecule has 1 unspecified atom stereocenters. The van der Waals surface area contributed by atoms with Crippen molar-refractivity contribution in [3.8, 4) is 0 Å².